The molecule has 122 valence electrons. The Balaban J connectivity index is 2.00. The monoisotopic (exact) mass is 311 g/mol. The van der Waals surface area contributed by atoms with Crippen LogP contribution >= 0.6 is 0 Å². The van der Waals surface area contributed by atoms with Gasteiger partial charge in [-0.1, -0.05) is 41.5 Å². The maximum atomic E-state index is 12.4. The van der Waals surface area contributed by atoms with Crippen LogP contribution in [0.3, 0.4) is 0 Å². The summed E-state index contributed by atoms with van der Waals surface area (Å²) >= 11 is 0. The molecule has 0 unspecified atom stereocenters. The Hall–Kier alpha value is -2.29. The molecule has 0 aromatic heterocycles. The SMILES string of the molecule is Cc1ccc(O[C@@H](C)C(=O)N[C@@H](C)c2cc(C)ccc2C)cc1. The zero-order valence-electron chi connectivity index (χ0n) is 14.5. The first kappa shape index (κ1) is 17.1. The van der Waals surface area contributed by atoms with Gasteiger partial charge in [0.2, 0.25) is 0 Å². The van der Waals surface area contributed by atoms with Crippen molar-refractivity contribution < 1.29 is 9.53 Å². The molecular formula is C20H25NO2. The zero-order chi connectivity index (χ0) is 17.0. The minimum Gasteiger partial charge on any atom is -0.481 e. The Bertz CT molecular complexity index is 677. The van der Waals surface area contributed by atoms with Crippen LogP contribution in [0.25, 0.3) is 0 Å². The van der Waals surface area contributed by atoms with E-state index in [0.717, 1.165) is 11.1 Å². The fourth-order valence-corrected chi connectivity index (χ4v) is 2.51. The van der Waals surface area contributed by atoms with Crippen LogP contribution in [0, 0.1) is 20.8 Å². The van der Waals surface area contributed by atoms with Gasteiger partial charge in [0.15, 0.2) is 6.10 Å². The molecule has 0 saturated heterocycles. The van der Waals surface area contributed by atoms with Crippen LogP contribution in [0.5, 0.6) is 5.75 Å². The van der Waals surface area contributed by atoms with E-state index < -0.39 is 6.10 Å². The molecule has 0 aliphatic carbocycles. The zero-order valence-corrected chi connectivity index (χ0v) is 14.5. The molecule has 0 bridgehead atoms. The highest BCUT2D eigenvalue weighted by Gasteiger charge is 2.18. The molecule has 2 rings (SSSR count). The van der Waals surface area contributed by atoms with Crippen molar-refractivity contribution in [2.24, 2.45) is 0 Å². The Morgan fingerprint density at radius 2 is 1.57 bits per heavy atom. The average Bonchev–Trinajstić information content (AvgIpc) is 2.51. The van der Waals surface area contributed by atoms with E-state index in [2.05, 4.69) is 37.4 Å². The fourth-order valence-electron chi connectivity index (χ4n) is 2.51. The number of rotatable bonds is 5. The number of amides is 1. The van der Waals surface area contributed by atoms with Gasteiger partial charge in [-0.15, -0.1) is 0 Å². The Morgan fingerprint density at radius 3 is 2.22 bits per heavy atom. The number of nitrogens with one attached hydrogen (secondary N) is 1. The average molecular weight is 311 g/mol. The third-order valence-corrected chi connectivity index (χ3v) is 3.96. The quantitative estimate of drug-likeness (QED) is 0.896. The molecule has 0 fully saturated rings. The Kier molecular flexibility index (Phi) is 5.43. The van der Waals surface area contributed by atoms with Crippen LogP contribution in [0.4, 0.5) is 0 Å². The first-order valence-electron chi connectivity index (χ1n) is 7.97. The van der Waals surface area contributed by atoms with Crippen molar-refractivity contribution in [1.82, 2.24) is 5.32 Å². The summed E-state index contributed by atoms with van der Waals surface area (Å²) in [6.45, 7) is 9.90. The summed E-state index contributed by atoms with van der Waals surface area (Å²) in [7, 11) is 0. The molecular weight excluding hydrogens is 286 g/mol. The van der Waals surface area contributed by atoms with E-state index in [4.69, 9.17) is 4.74 Å². The molecule has 2 aromatic rings. The number of ether oxygens (including phenoxy) is 1. The third-order valence-electron chi connectivity index (χ3n) is 3.96. The summed E-state index contributed by atoms with van der Waals surface area (Å²) < 4.78 is 5.71. The van der Waals surface area contributed by atoms with E-state index in [0.29, 0.717) is 5.75 Å². The van der Waals surface area contributed by atoms with Gasteiger partial charge in [-0.3, -0.25) is 4.79 Å². The van der Waals surface area contributed by atoms with E-state index in [1.54, 1.807) is 6.92 Å². The Morgan fingerprint density at radius 1 is 0.957 bits per heavy atom. The minimum absolute atomic E-state index is 0.0496. The van der Waals surface area contributed by atoms with Gasteiger partial charge in [0.05, 0.1) is 6.04 Å². The summed E-state index contributed by atoms with van der Waals surface area (Å²) in [6, 6.07) is 13.9. The molecule has 23 heavy (non-hydrogen) atoms. The second-order valence-electron chi connectivity index (χ2n) is 6.16. The van der Waals surface area contributed by atoms with E-state index >= 15 is 0 Å². The molecule has 3 nitrogen and oxygen atoms in total. The molecule has 2 atom stereocenters. The van der Waals surface area contributed by atoms with Crippen LogP contribution < -0.4 is 10.1 Å². The maximum Gasteiger partial charge on any atom is 0.261 e. The van der Waals surface area contributed by atoms with Crippen molar-refractivity contribution in [3.8, 4) is 5.75 Å². The summed E-state index contributed by atoms with van der Waals surface area (Å²) in [5.74, 6) is 0.594. The molecule has 0 aliphatic rings. The molecule has 0 radical (unpaired) electrons. The molecule has 0 spiro atoms. The van der Waals surface area contributed by atoms with Crippen LogP contribution in [0.1, 0.15) is 42.1 Å². The molecule has 2 aromatic carbocycles. The summed E-state index contributed by atoms with van der Waals surface area (Å²) in [4.78, 5) is 12.4. The van der Waals surface area contributed by atoms with E-state index in [1.807, 2.05) is 38.1 Å². The molecule has 0 heterocycles. The largest absolute Gasteiger partial charge is 0.481 e. The van der Waals surface area contributed by atoms with Gasteiger partial charge < -0.3 is 10.1 Å². The van der Waals surface area contributed by atoms with Gasteiger partial charge in [0, 0.05) is 0 Å². The molecule has 1 amide bonds. The van der Waals surface area contributed by atoms with Crippen molar-refractivity contribution in [2.45, 2.75) is 46.8 Å². The fraction of sp³-hybridized carbons (Fsp3) is 0.350. The van der Waals surface area contributed by atoms with Crippen LogP contribution in [-0.4, -0.2) is 12.0 Å². The minimum atomic E-state index is -0.537. The van der Waals surface area contributed by atoms with Crippen molar-refractivity contribution in [1.29, 1.82) is 0 Å². The predicted octanol–water partition coefficient (Wildman–Crippen LogP) is 4.26. The van der Waals surface area contributed by atoms with Gasteiger partial charge in [-0.05, 0) is 57.9 Å². The second kappa shape index (κ2) is 7.32. The molecule has 1 N–H and O–H groups in total. The van der Waals surface area contributed by atoms with Gasteiger partial charge in [0.1, 0.15) is 5.75 Å². The second-order valence-corrected chi connectivity index (χ2v) is 6.16. The first-order chi connectivity index (χ1) is 10.9. The number of hydrogen-bond acceptors (Lipinski definition) is 2. The van der Waals surface area contributed by atoms with Gasteiger partial charge in [0.25, 0.3) is 5.91 Å². The third kappa shape index (κ3) is 4.59. The molecule has 3 heteroatoms. The molecule has 0 aliphatic heterocycles. The van der Waals surface area contributed by atoms with E-state index in [9.17, 15) is 4.79 Å². The predicted molar refractivity (Wildman–Crippen MR) is 93.7 cm³/mol. The number of hydrogen-bond donors (Lipinski definition) is 1. The number of benzene rings is 2. The van der Waals surface area contributed by atoms with Crippen molar-refractivity contribution in [2.75, 3.05) is 0 Å². The van der Waals surface area contributed by atoms with Crippen molar-refractivity contribution in [3.05, 3.63) is 64.7 Å². The highest BCUT2D eigenvalue weighted by Crippen LogP contribution is 2.19. The lowest BCUT2D eigenvalue weighted by atomic mass is 10.00. The lowest BCUT2D eigenvalue weighted by molar-refractivity contribution is -0.127. The number of carbonyl (C=O) groups excluding carboxylic acids is 1. The van der Waals surface area contributed by atoms with Crippen LogP contribution in [0.15, 0.2) is 42.5 Å². The van der Waals surface area contributed by atoms with E-state index in [1.165, 1.54) is 11.1 Å². The number of aryl methyl sites for hydroxylation is 3. The molecule has 0 saturated carbocycles. The highest BCUT2D eigenvalue weighted by atomic mass is 16.5. The van der Waals surface area contributed by atoms with Crippen LogP contribution in [-0.2, 0) is 4.79 Å². The van der Waals surface area contributed by atoms with Gasteiger partial charge >= 0.3 is 0 Å². The summed E-state index contributed by atoms with van der Waals surface area (Å²) in [6.07, 6.45) is -0.537. The lowest BCUT2D eigenvalue weighted by Gasteiger charge is -2.20. The van der Waals surface area contributed by atoms with Crippen LogP contribution in [0.2, 0.25) is 0 Å². The Labute approximate surface area is 138 Å². The smallest absolute Gasteiger partial charge is 0.261 e. The standard InChI is InChI=1S/C20H25NO2/c1-13-7-10-18(11-8-13)23-17(5)20(22)21-16(4)19-12-14(2)6-9-15(19)3/h6-12,16-17H,1-5H3,(H,21,22)/t16-,17-/m0/s1. The normalized spacial score (nSPS) is 13.3. The summed E-state index contributed by atoms with van der Waals surface area (Å²) in [5.41, 5.74) is 4.67. The maximum absolute atomic E-state index is 12.4. The van der Waals surface area contributed by atoms with Crippen molar-refractivity contribution >= 4 is 5.91 Å². The lowest BCUT2D eigenvalue weighted by Crippen LogP contribution is -2.38. The highest BCUT2D eigenvalue weighted by molar-refractivity contribution is 5.81. The first-order valence-corrected chi connectivity index (χ1v) is 7.97. The van der Waals surface area contributed by atoms with E-state index in [-0.39, 0.29) is 11.9 Å². The van der Waals surface area contributed by atoms with Gasteiger partial charge in [-0.2, -0.15) is 0 Å². The summed E-state index contributed by atoms with van der Waals surface area (Å²) in [5, 5.41) is 3.03. The topological polar surface area (TPSA) is 38.3 Å². The van der Waals surface area contributed by atoms with Crippen molar-refractivity contribution in [3.63, 3.8) is 0 Å². The van der Waals surface area contributed by atoms with Gasteiger partial charge in [-0.25, -0.2) is 0 Å². The number of carbonyl (C=O) groups is 1.